The zero-order valence-corrected chi connectivity index (χ0v) is 15.8. The maximum absolute atomic E-state index is 11.5. The predicted molar refractivity (Wildman–Crippen MR) is 92.6 cm³/mol. The third-order valence-corrected chi connectivity index (χ3v) is 3.45. The summed E-state index contributed by atoms with van der Waals surface area (Å²) in [7, 11) is 0. The van der Waals surface area contributed by atoms with E-state index in [1.807, 2.05) is 26.8 Å². The summed E-state index contributed by atoms with van der Waals surface area (Å²) in [5.41, 5.74) is 0.842. The van der Waals surface area contributed by atoms with Crippen LogP contribution >= 0.6 is 15.9 Å². The van der Waals surface area contributed by atoms with Crippen LogP contribution in [0.25, 0.3) is 0 Å². The fourth-order valence-corrected chi connectivity index (χ4v) is 2.21. The van der Waals surface area contributed by atoms with E-state index in [9.17, 15) is 4.79 Å². The number of carbonyl (C=O) groups is 1. The van der Waals surface area contributed by atoms with Gasteiger partial charge in [-0.3, -0.25) is 0 Å². The first-order valence-electron chi connectivity index (χ1n) is 7.39. The maximum atomic E-state index is 11.5. The van der Waals surface area contributed by atoms with Crippen LogP contribution in [0, 0.1) is 0 Å². The van der Waals surface area contributed by atoms with E-state index in [2.05, 4.69) is 54.2 Å². The van der Waals surface area contributed by atoms with Crippen LogP contribution in [0.4, 0.5) is 4.79 Å². The lowest BCUT2D eigenvalue weighted by atomic mass is 9.87. The minimum atomic E-state index is -0.489. The smallest absolute Gasteiger partial charge is 0.407 e. The minimum Gasteiger partial charge on any atom is -0.491 e. The molecule has 1 aromatic rings. The van der Waals surface area contributed by atoms with E-state index in [0.717, 1.165) is 10.2 Å². The Labute approximate surface area is 141 Å². The normalized spacial score (nSPS) is 12.0. The van der Waals surface area contributed by atoms with Crippen molar-refractivity contribution in [3.63, 3.8) is 0 Å². The second-order valence-electron chi connectivity index (χ2n) is 7.17. The molecule has 1 amide bonds. The molecular formula is C17H26BrNO3. The first-order valence-corrected chi connectivity index (χ1v) is 8.18. The Bertz CT molecular complexity index is 516. The van der Waals surface area contributed by atoms with Gasteiger partial charge in [0.15, 0.2) is 0 Å². The molecule has 0 saturated carbocycles. The highest BCUT2D eigenvalue weighted by Gasteiger charge is 2.16. The summed E-state index contributed by atoms with van der Waals surface area (Å²) in [6.45, 7) is 12.8. The Morgan fingerprint density at radius 3 is 2.32 bits per heavy atom. The van der Waals surface area contributed by atoms with E-state index in [1.54, 1.807) is 0 Å². The van der Waals surface area contributed by atoms with Crippen molar-refractivity contribution in [2.24, 2.45) is 0 Å². The molecule has 0 saturated heterocycles. The molecule has 0 aliphatic carbocycles. The minimum absolute atomic E-state index is 0.0965. The average molecular weight is 372 g/mol. The monoisotopic (exact) mass is 371 g/mol. The lowest BCUT2D eigenvalue weighted by Crippen LogP contribution is -2.34. The number of carbonyl (C=O) groups excluding carboxylic acids is 1. The zero-order chi connectivity index (χ0) is 17.0. The first kappa shape index (κ1) is 18.8. The summed E-state index contributed by atoms with van der Waals surface area (Å²) in [6.07, 6.45) is -0.432. The second kappa shape index (κ2) is 7.36. The number of hydrogen-bond donors (Lipinski definition) is 1. The van der Waals surface area contributed by atoms with Crippen LogP contribution in [-0.4, -0.2) is 24.8 Å². The molecular weight excluding hydrogens is 346 g/mol. The van der Waals surface area contributed by atoms with Gasteiger partial charge >= 0.3 is 6.09 Å². The van der Waals surface area contributed by atoms with Crippen molar-refractivity contribution in [1.82, 2.24) is 5.32 Å². The fraction of sp³-hybridized carbons (Fsp3) is 0.588. The average Bonchev–Trinajstić information content (AvgIpc) is 2.32. The van der Waals surface area contributed by atoms with Crippen molar-refractivity contribution in [1.29, 1.82) is 0 Å². The van der Waals surface area contributed by atoms with Gasteiger partial charge in [-0.05, 0) is 59.8 Å². The van der Waals surface area contributed by atoms with Gasteiger partial charge in [-0.2, -0.15) is 0 Å². The third-order valence-electron chi connectivity index (χ3n) is 2.83. The molecule has 0 bridgehead atoms. The van der Waals surface area contributed by atoms with Crippen molar-refractivity contribution in [3.8, 4) is 5.75 Å². The topological polar surface area (TPSA) is 47.6 Å². The predicted octanol–water partition coefficient (Wildman–Crippen LogP) is 4.65. The van der Waals surface area contributed by atoms with Crippen LogP contribution < -0.4 is 10.1 Å². The number of hydrogen-bond acceptors (Lipinski definition) is 3. The van der Waals surface area contributed by atoms with Gasteiger partial charge in [0.1, 0.15) is 18.0 Å². The Hall–Kier alpha value is -1.23. The lowest BCUT2D eigenvalue weighted by Gasteiger charge is -2.21. The molecule has 0 aliphatic heterocycles. The molecule has 0 atom stereocenters. The molecule has 1 N–H and O–H groups in total. The molecule has 0 heterocycles. The van der Waals surface area contributed by atoms with E-state index in [4.69, 9.17) is 9.47 Å². The van der Waals surface area contributed by atoms with Crippen molar-refractivity contribution in [3.05, 3.63) is 28.2 Å². The van der Waals surface area contributed by atoms with Gasteiger partial charge in [-0.15, -0.1) is 0 Å². The summed E-state index contributed by atoms with van der Waals surface area (Å²) in [6, 6.07) is 6.07. The van der Waals surface area contributed by atoms with Crippen LogP contribution in [-0.2, 0) is 10.2 Å². The second-order valence-corrected chi connectivity index (χ2v) is 8.03. The first-order chi connectivity index (χ1) is 9.99. The van der Waals surface area contributed by atoms with E-state index in [-0.39, 0.29) is 5.41 Å². The highest BCUT2D eigenvalue weighted by molar-refractivity contribution is 9.10. The van der Waals surface area contributed by atoms with Gasteiger partial charge in [0.2, 0.25) is 0 Å². The van der Waals surface area contributed by atoms with E-state index in [0.29, 0.717) is 13.2 Å². The highest BCUT2D eigenvalue weighted by Crippen LogP contribution is 2.31. The molecule has 1 rings (SSSR count). The number of ether oxygens (including phenoxy) is 2. The van der Waals surface area contributed by atoms with Crippen LogP contribution in [0.15, 0.2) is 22.7 Å². The van der Waals surface area contributed by atoms with Gasteiger partial charge in [-0.1, -0.05) is 26.8 Å². The zero-order valence-electron chi connectivity index (χ0n) is 14.2. The Morgan fingerprint density at radius 1 is 1.18 bits per heavy atom. The molecule has 5 heteroatoms. The molecule has 0 aliphatic rings. The van der Waals surface area contributed by atoms with E-state index in [1.165, 1.54) is 5.56 Å². The molecule has 0 unspecified atom stereocenters. The number of rotatable bonds is 4. The third kappa shape index (κ3) is 6.69. The van der Waals surface area contributed by atoms with Crippen molar-refractivity contribution < 1.29 is 14.3 Å². The van der Waals surface area contributed by atoms with Gasteiger partial charge < -0.3 is 14.8 Å². The number of nitrogens with one attached hydrogen (secondary N) is 1. The van der Waals surface area contributed by atoms with Crippen molar-refractivity contribution in [2.75, 3.05) is 13.2 Å². The van der Waals surface area contributed by atoms with E-state index < -0.39 is 11.7 Å². The SMILES string of the molecule is CC(C)(C)OC(=O)NCCOc1ccc(C(C)(C)C)cc1Br. The van der Waals surface area contributed by atoms with Gasteiger partial charge in [0.25, 0.3) is 0 Å². The summed E-state index contributed by atoms with van der Waals surface area (Å²) < 4.78 is 11.7. The molecule has 0 fully saturated rings. The quantitative estimate of drug-likeness (QED) is 0.783. The number of alkyl carbamates (subject to hydrolysis) is 1. The summed E-state index contributed by atoms with van der Waals surface area (Å²) in [5.74, 6) is 0.763. The van der Waals surface area contributed by atoms with Crippen LogP contribution in [0.5, 0.6) is 5.75 Å². The summed E-state index contributed by atoms with van der Waals surface area (Å²) >= 11 is 3.52. The van der Waals surface area contributed by atoms with Gasteiger partial charge in [0.05, 0.1) is 11.0 Å². The van der Waals surface area contributed by atoms with Crippen LogP contribution in [0.3, 0.4) is 0 Å². The van der Waals surface area contributed by atoms with Gasteiger partial charge in [0, 0.05) is 0 Å². The van der Waals surface area contributed by atoms with Crippen LogP contribution in [0.1, 0.15) is 47.1 Å². The fourth-order valence-electron chi connectivity index (χ4n) is 1.71. The largest absolute Gasteiger partial charge is 0.491 e. The molecule has 1 aromatic carbocycles. The Kier molecular flexibility index (Phi) is 6.29. The number of halogens is 1. The number of benzene rings is 1. The number of amides is 1. The molecule has 124 valence electrons. The molecule has 0 radical (unpaired) electrons. The van der Waals surface area contributed by atoms with Crippen LogP contribution in [0.2, 0.25) is 0 Å². The summed E-state index contributed by atoms with van der Waals surface area (Å²) in [5, 5.41) is 2.66. The van der Waals surface area contributed by atoms with Gasteiger partial charge in [-0.25, -0.2) is 4.79 Å². The van der Waals surface area contributed by atoms with Crippen molar-refractivity contribution in [2.45, 2.75) is 52.6 Å². The van der Waals surface area contributed by atoms with E-state index >= 15 is 0 Å². The molecule has 22 heavy (non-hydrogen) atoms. The standard InChI is InChI=1S/C17H26BrNO3/c1-16(2,3)12-7-8-14(13(18)11-12)21-10-9-19-15(20)22-17(4,5)6/h7-8,11H,9-10H2,1-6H3,(H,19,20). The Morgan fingerprint density at radius 2 is 1.82 bits per heavy atom. The highest BCUT2D eigenvalue weighted by atomic mass is 79.9. The molecule has 4 nitrogen and oxygen atoms in total. The summed E-state index contributed by atoms with van der Waals surface area (Å²) in [4.78, 5) is 11.5. The lowest BCUT2D eigenvalue weighted by molar-refractivity contribution is 0.0520. The molecule has 0 spiro atoms. The van der Waals surface area contributed by atoms with Crippen molar-refractivity contribution >= 4 is 22.0 Å². The Balaban J connectivity index is 2.45. The maximum Gasteiger partial charge on any atom is 0.407 e. The molecule has 0 aromatic heterocycles.